The van der Waals surface area contributed by atoms with Crippen molar-refractivity contribution in [1.82, 2.24) is 4.98 Å². The molecule has 0 unspecified atom stereocenters. The second-order valence-corrected chi connectivity index (χ2v) is 4.79. The predicted octanol–water partition coefficient (Wildman–Crippen LogP) is 0.580. The number of carbonyl (C=O) groups is 2. The zero-order chi connectivity index (χ0) is 14.0. The molecule has 1 amide bonds. The number of aryl methyl sites for hydroxylation is 2. The molecule has 1 aromatic rings. The lowest BCUT2D eigenvalue weighted by molar-refractivity contribution is -0.135. The van der Waals surface area contributed by atoms with Gasteiger partial charge in [0.25, 0.3) is 5.91 Å². The monoisotopic (exact) mass is 263 g/mol. The van der Waals surface area contributed by atoms with Crippen molar-refractivity contribution in [3.05, 3.63) is 22.9 Å². The van der Waals surface area contributed by atoms with Crippen molar-refractivity contribution >= 4 is 17.7 Å². The molecule has 0 spiro atoms. The second kappa shape index (κ2) is 5.26. The molecule has 0 saturated heterocycles. The fraction of sp³-hybridized carbons (Fsp3) is 0.462. The minimum absolute atomic E-state index is 0.216. The van der Waals surface area contributed by atoms with Crippen LogP contribution < -0.4 is 10.6 Å². The Bertz CT molecular complexity index is 528. The van der Waals surface area contributed by atoms with Gasteiger partial charge in [-0.3, -0.25) is 9.59 Å². The van der Waals surface area contributed by atoms with Crippen LogP contribution in [0.2, 0.25) is 0 Å². The van der Waals surface area contributed by atoms with Crippen LogP contribution in [0.15, 0.2) is 6.07 Å². The van der Waals surface area contributed by atoms with Crippen LogP contribution in [0.25, 0.3) is 0 Å². The van der Waals surface area contributed by atoms with Crippen molar-refractivity contribution in [3.8, 4) is 0 Å². The summed E-state index contributed by atoms with van der Waals surface area (Å²) in [5, 5.41) is 8.83. The van der Waals surface area contributed by atoms with Gasteiger partial charge in [0.1, 0.15) is 12.4 Å². The Balaban J connectivity index is 2.45. The van der Waals surface area contributed by atoms with Crippen LogP contribution in [0.4, 0.5) is 5.82 Å². The summed E-state index contributed by atoms with van der Waals surface area (Å²) in [5.74, 6) is -1.19. The molecule has 1 aliphatic carbocycles. The van der Waals surface area contributed by atoms with E-state index in [9.17, 15) is 9.59 Å². The van der Waals surface area contributed by atoms with E-state index in [4.69, 9.17) is 10.8 Å². The third kappa shape index (κ3) is 2.83. The van der Waals surface area contributed by atoms with Crippen LogP contribution in [0, 0.1) is 0 Å². The van der Waals surface area contributed by atoms with Crippen LogP contribution in [-0.4, -0.2) is 35.6 Å². The topological polar surface area (TPSA) is 96.5 Å². The van der Waals surface area contributed by atoms with Gasteiger partial charge in [-0.2, -0.15) is 0 Å². The van der Waals surface area contributed by atoms with Crippen LogP contribution in [0.3, 0.4) is 0 Å². The third-order valence-corrected chi connectivity index (χ3v) is 3.28. The van der Waals surface area contributed by atoms with E-state index in [0.29, 0.717) is 11.4 Å². The number of primary amides is 1. The number of fused-ring (bicyclic) bond motifs is 1. The van der Waals surface area contributed by atoms with Gasteiger partial charge in [0.05, 0.1) is 5.56 Å². The van der Waals surface area contributed by atoms with E-state index < -0.39 is 11.9 Å². The maximum atomic E-state index is 11.5. The van der Waals surface area contributed by atoms with Gasteiger partial charge in [0.15, 0.2) is 0 Å². The lowest BCUT2D eigenvalue weighted by Gasteiger charge is -2.22. The number of carbonyl (C=O) groups excluding carboxylic acids is 1. The van der Waals surface area contributed by atoms with Gasteiger partial charge in [-0.25, -0.2) is 4.98 Å². The third-order valence-electron chi connectivity index (χ3n) is 3.28. The standard InChI is InChI=1S/C13H17N3O3/c1-16(7-11(17)18)13-9(12(14)19)6-8-4-2-3-5-10(8)15-13/h6H,2-5,7H2,1H3,(H2,14,19)(H,17,18). The number of rotatable bonds is 4. The number of pyridine rings is 1. The number of likely N-dealkylation sites (N-methyl/N-ethyl adjacent to an activating group) is 1. The van der Waals surface area contributed by atoms with Crippen molar-refractivity contribution in [2.24, 2.45) is 5.73 Å². The molecule has 3 N–H and O–H groups in total. The maximum absolute atomic E-state index is 11.5. The molecule has 1 aromatic heterocycles. The average Bonchev–Trinajstić information content (AvgIpc) is 2.36. The highest BCUT2D eigenvalue weighted by Crippen LogP contribution is 2.26. The molecule has 1 aliphatic rings. The molecular weight excluding hydrogens is 246 g/mol. The fourth-order valence-electron chi connectivity index (χ4n) is 2.37. The molecule has 0 aliphatic heterocycles. The number of nitrogens with two attached hydrogens (primary N) is 1. The second-order valence-electron chi connectivity index (χ2n) is 4.79. The van der Waals surface area contributed by atoms with Gasteiger partial charge in [0, 0.05) is 12.7 Å². The molecule has 0 saturated carbocycles. The van der Waals surface area contributed by atoms with E-state index in [1.54, 1.807) is 13.1 Å². The van der Waals surface area contributed by atoms with Crippen LogP contribution in [-0.2, 0) is 17.6 Å². The molecule has 6 heteroatoms. The normalized spacial score (nSPS) is 13.7. The molecule has 0 aromatic carbocycles. The Morgan fingerprint density at radius 3 is 2.74 bits per heavy atom. The number of anilines is 1. The van der Waals surface area contributed by atoms with Gasteiger partial charge in [-0.15, -0.1) is 0 Å². The summed E-state index contributed by atoms with van der Waals surface area (Å²) in [5.41, 5.74) is 7.66. The molecule has 2 rings (SSSR count). The van der Waals surface area contributed by atoms with E-state index >= 15 is 0 Å². The molecule has 6 nitrogen and oxygen atoms in total. The Hall–Kier alpha value is -2.11. The molecule has 1 heterocycles. The number of hydrogen-bond donors (Lipinski definition) is 2. The summed E-state index contributed by atoms with van der Waals surface area (Å²) < 4.78 is 0. The van der Waals surface area contributed by atoms with Crippen LogP contribution >= 0.6 is 0 Å². The molecule has 19 heavy (non-hydrogen) atoms. The first-order valence-corrected chi connectivity index (χ1v) is 6.24. The van der Waals surface area contributed by atoms with E-state index in [0.717, 1.165) is 36.9 Å². The van der Waals surface area contributed by atoms with Crippen LogP contribution in [0.5, 0.6) is 0 Å². The SMILES string of the molecule is CN(CC(=O)O)c1nc2c(cc1C(N)=O)CCCC2. The zero-order valence-electron chi connectivity index (χ0n) is 10.8. The van der Waals surface area contributed by atoms with Gasteiger partial charge in [-0.05, 0) is 37.3 Å². The molecular formula is C13H17N3O3. The highest BCUT2D eigenvalue weighted by atomic mass is 16.4. The molecule has 0 atom stereocenters. The summed E-state index contributed by atoms with van der Waals surface area (Å²) in [6, 6.07) is 1.76. The highest BCUT2D eigenvalue weighted by molar-refractivity contribution is 5.98. The number of amides is 1. The first-order chi connectivity index (χ1) is 8.99. The predicted molar refractivity (Wildman–Crippen MR) is 70.3 cm³/mol. The summed E-state index contributed by atoms with van der Waals surface area (Å²) >= 11 is 0. The molecule has 0 radical (unpaired) electrons. The summed E-state index contributed by atoms with van der Waals surface area (Å²) in [6.45, 7) is -0.216. The lowest BCUT2D eigenvalue weighted by atomic mass is 9.94. The van der Waals surface area contributed by atoms with Crippen molar-refractivity contribution in [1.29, 1.82) is 0 Å². The number of hydrogen-bond acceptors (Lipinski definition) is 4. The first kappa shape index (κ1) is 13.3. The van der Waals surface area contributed by atoms with E-state index in [1.165, 1.54) is 4.90 Å². The number of carboxylic acid groups (broad SMARTS) is 1. The summed E-state index contributed by atoms with van der Waals surface area (Å²) in [6.07, 6.45) is 3.91. The maximum Gasteiger partial charge on any atom is 0.323 e. The van der Waals surface area contributed by atoms with Crippen molar-refractivity contribution in [2.45, 2.75) is 25.7 Å². The lowest BCUT2D eigenvalue weighted by Crippen LogP contribution is -2.29. The van der Waals surface area contributed by atoms with Gasteiger partial charge in [-0.1, -0.05) is 0 Å². The Morgan fingerprint density at radius 1 is 1.42 bits per heavy atom. The van der Waals surface area contributed by atoms with E-state index in [2.05, 4.69) is 4.98 Å². The van der Waals surface area contributed by atoms with E-state index in [1.807, 2.05) is 0 Å². The smallest absolute Gasteiger partial charge is 0.323 e. The quantitative estimate of drug-likeness (QED) is 0.828. The van der Waals surface area contributed by atoms with E-state index in [-0.39, 0.29) is 6.54 Å². The Kier molecular flexibility index (Phi) is 3.69. The number of carboxylic acids is 1. The van der Waals surface area contributed by atoms with Crippen molar-refractivity contribution < 1.29 is 14.7 Å². The highest BCUT2D eigenvalue weighted by Gasteiger charge is 2.20. The Morgan fingerprint density at radius 2 is 2.11 bits per heavy atom. The average molecular weight is 263 g/mol. The number of aromatic nitrogens is 1. The van der Waals surface area contributed by atoms with Crippen molar-refractivity contribution in [2.75, 3.05) is 18.5 Å². The minimum Gasteiger partial charge on any atom is -0.480 e. The summed E-state index contributed by atoms with van der Waals surface area (Å²) in [7, 11) is 1.60. The zero-order valence-corrected chi connectivity index (χ0v) is 10.8. The number of aliphatic carboxylic acids is 1. The van der Waals surface area contributed by atoms with Gasteiger partial charge in [0.2, 0.25) is 0 Å². The number of nitrogens with zero attached hydrogens (tertiary/aromatic N) is 2. The van der Waals surface area contributed by atoms with Gasteiger partial charge >= 0.3 is 5.97 Å². The van der Waals surface area contributed by atoms with Gasteiger partial charge < -0.3 is 15.7 Å². The molecule has 0 bridgehead atoms. The van der Waals surface area contributed by atoms with Crippen LogP contribution in [0.1, 0.15) is 34.5 Å². The Labute approximate surface area is 111 Å². The minimum atomic E-state index is -0.975. The first-order valence-electron chi connectivity index (χ1n) is 6.24. The largest absolute Gasteiger partial charge is 0.480 e. The molecule has 102 valence electrons. The molecule has 0 fully saturated rings. The fourth-order valence-corrected chi connectivity index (χ4v) is 2.37. The summed E-state index contributed by atoms with van der Waals surface area (Å²) in [4.78, 5) is 28.2. The van der Waals surface area contributed by atoms with Crippen molar-refractivity contribution in [3.63, 3.8) is 0 Å².